The summed E-state index contributed by atoms with van der Waals surface area (Å²) in [6.07, 6.45) is 3.94. The summed E-state index contributed by atoms with van der Waals surface area (Å²) in [6, 6.07) is 7.90. The molecular formula is C15H20O2. The highest BCUT2D eigenvalue weighted by Gasteiger charge is 2.36. The number of hydrogen-bond acceptors (Lipinski definition) is 2. The molecule has 0 bridgehead atoms. The lowest BCUT2D eigenvalue weighted by molar-refractivity contribution is -0.0426. The highest BCUT2D eigenvalue weighted by atomic mass is 16.5. The SMILES string of the molecule is CCc1cccc(C(=O)C2(C)CCCCO2)c1. The Bertz CT molecular complexity index is 403. The van der Waals surface area contributed by atoms with Crippen molar-refractivity contribution in [2.75, 3.05) is 6.61 Å². The van der Waals surface area contributed by atoms with E-state index in [0.29, 0.717) is 6.61 Å². The number of aryl methyl sites for hydroxylation is 1. The Kier molecular flexibility index (Phi) is 3.63. The quantitative estimate of drug-likeness (QED) is 0.747. The first-order chi connectivity index (χ1) is 8.15. The van der Waals surface area contributed by atoms with Crippen LogP contribution in [0.15, 0.2) is 24.3 Å². The van der Waals surface area contributed by atoms with Gasteiger partial charge in [0.2, 0.25) is 0 Å². The topological polar surface area (TPSA) is 26.3 Å². The van der Waals surface area contributed by atoms with Gasteiger partial charge in [0.1, 0.15) is 5.60 Å². The van der Waals surface area contributed by atoms with Gasteiger partial charge in [-0.1, -0.05) is 25.1 Å². The van der Waals surface area contributed by atoms with Crippen LogP contribution in [0.5, 0.6) is 0 Å². The fourth-order valence-corrected chi connectivity index (χ4v) is 2.35. The average Bonchev–Trinajstić information content (AvgIpc) is 2.39. The molecular weight excluding hydrogens is 212 g/mol. The van der Waals surface area contributed by atoms with Crippen LogP contribution in [0, 0.1) is 0 Å². The first-order valence-electron chi connectivity index (χ1n) is 6.43. The van der Waals surface area contributed by atoms with Crippen LogP contribution in [0.3, 0.4) is 0 Å². The number of benzene rings is 1. The Morgan fingerprint density at radius 1 is 1.41 bits per heavy atom. The molecule has 2 heteroatoms. The van der Waals surface area contributed by atoms with Crippen LogP contribution in [0.1, 0.15) is 49.0 Å². The second kappa shape index (κ2) is 5.01. The van der Waals surface area contributed by atoms with E-state index in [1.54, 1.807) is 0 Å². The average molecular weight is 232 g/mol. The third kappa shape index (κ3) is 2.58. The largest absolute Gasteiger partial charge is 0.367 e. The fraction of sp³-hybridized carbons (Fsp3) is 0.533. The van der Waals surface area contributed by atoms with Crippen molar-refractivity contribution in [1.29, 1.82) is 0 Å². The van der Waals surface area contributed by atoms with Crippen molar-refractivity contribution in [3.05, 3.63) is 35.4 Å². The fourth-order valence-electron chi connectivity index (χ4n) is 2.35. The minimum atomic E-state index is -0.607. The molecule has 1 heterocycles. The van der Waals surface area contributed by atoms with E-state index in [2.05, 4.69) is 13.0 Å². The summed E-state index contributed by atoms with van der Waals surface area (Å²) in [6.45, 7) is 4.73. The minimum Gasteiger partial charge on any atom is -0.367 e. The Labute approximate surface area is 103 Å². The molecule has 0 amide bonds. The van der Waals surface area contributed by atoms with Gasteiger partial charge in [-0.2, -0.15) is 0 Å². The molecule has 0 N–H and O–H groups in total. The lowest BCUT2D eigenvalue weighted by atomic mass is 9.87. The van der Waals surface area contributed by atoms with Gasteiger partial charge in [0.25, 0.3) is 0 Å². The Balaban J connectivity index is 2.23. The number of ether oxygens (including phenoxy) is 1. The maximum Gasteiger partial charge on any atom is 0.194 e. The predicted octanol–water partition coefficient (Wildman–Crippen LogP) is 3.39. The molecule has 1 fully saturated rings. The second-order valence-electron chi connectivity index (χ2n) is 4.92. The predicted molar refractivity (Wildman–Crippen MR) is 68.4 cm³/mol. The highest BCUT2D eigenvalue weighted by molar-refractivity contribution is 6.02. The Morgan fingerprint density at radius 2 is 2.24 bits per heavy atom. The summed E-state index contributed by atoms with van der Waals surface area (Å²) in [5, 5.41) is 0. The third-order valence-electron chi connectivity index (χ3n) is 3.55. The molecule has 0 spiro atoms. The van der Waals surface area contributed by atoms with Gasteiger partial charge in [0, 0.05) is 12.2 Å². The molecule has 1 atom stereocenters. The van der Waals surface area contributed by atoms with E-state index >= 15 is 0 Å². The first-order valence-corrected chi connectivity index (χ1v) is 6.43. The molecule has 17 heavy (non-hydrogen) atoms. The van der Waals surface area contributed by atoms with Crippen molar-refractivity contribution < 1.29 is 9.53 Å². The smallest absolute Gasteiger partial charge is 0.194 e. The zero-order chi connectivity index (χ0) is 12.3. The minimum absolute atomic E-state index is 0.132. The molecule has 1 aliphatic rings. The molecule has 0 aliphatic carbocycles. The van der Waals surface area contributed by atoms with E-state index in [1.807, 2.05) is 25.1 Å². The molecule has 0 saturated carbocycles. The van der Waals surface area contributed by atoms with Crippen molar-refractivity contribution >= 4 is 5.78 Å². The van der Waals surface area contributed by atoms with Crippen molar-refractivity contribution in [3.8, 4) is 0 Å². The normalized spacial score (nSPS) is 24.6. The summed E-state index contributed by atoms with van der Waals surface area (Å²) < 4.78 is 5.71. The number of Topliss-reactive ketones (excluding diaryl/α,β-unsaturated/α-hetero) is 1. The van der Waals surface area contributed by atoms with Crippen molar-refractivity contribution in [3.63, 3.8) is 0 Å². The first kappa shape index (κ1) is 12.3. The maximum absolute atomic E-state index is 12.5. The Morgan fingerprint density at radius 3 is 2.88 bits per heavy atom. The molecule has 2 rings (SSSR count). The number of rotatable bonds is 3. The molecule has 1 aromatic carbocycles. The van der Waals surface area contributed by atoms with Gasteiger partial charge in [-0.05, 0) is 44.2 Å². The number of carbonyl (C=O) groups is 1. The molecule has 2 nitrogen and oxygen atoms in total. The number of carbonyl (C=O) groups excluding carboxylic acids is 1. The van der Waals surface area contributed by atoms with E-state index in [1.165, 1.54) is 5.56 Å². The van der Waals surface area contributed by atoms with Crippen LogP contribution >= 0.6 is 0 Å². The zero-order valence-corrected chi connectivity index (χ0v) is 10.7. The zero-order valence-electron chi connectivity index (χ0n) is 10.7. The van der Waals surface area contributed by atoms with E-state index in [0.717, 1.165) is 31.2 Å². The van der Waals surface area contributed by atoms with Gasteiger partial charge in [-0.3, -0.25) is 4.79 Å². The van der Waals surface area contributed by atoms with Crippen LogP contribution in [0.2, 0.25) is 0 Å². The van der Waals surface area contributed by atoms with Gasteiger partial charge in [-0.25, -0.2) is 0 Å². The van der Waals surface area contributed by atoms with Crippen LogP contribution in [0.4, 0.5) is 0 Å². The third-order valence-corrected chi connectivity index (χ3v) is 3.55. The molecule has 1 saturated heterocycles. The van der Waals surface area contributed by atoms with E-state index in [4.69, 9.17) is 4.74 Å². The van der Waals surface area contributed by atoms with Gasteiger partial charge in [-0.15, -0.1) is 0 Å². The number of hydrogen-bond donors (Lipinski definition) is 0. The van der Waals surface area contributed by atoms with E-state index in [9.17, 15) is 4.79 Å². The Hall–Kier alpha value is -1.15. The standard InChI is InChI=1S/C15H20O2/c1-3-12-7-6-8-13(11-12)14(16)15(2)9-4-5-10-17-15/h6-8,11H,3-5,9-10H2,1-2H3. The van der Waals surface area contributed by atoms with Crippen LogP contribution in [-0.2, 0) is 11.2 Å². The summed E-state index contributed by atoms with van der Waals surface area (Å²) in [5.74, 6) is 0.132. The van der Waals surface area contributed by atoms with Crippen LogP contribution in [-0.4, -0.2) is 18.0 Å². The van der Waals surface area contributed by atoms with Gasteiger partial charge in [0.05, 0.1) is 0 Å². The van der Waals surface area contributed by atoms with Gasteiger partial charge in [0.15, 0.2) is 5.78 Å². The molecule has 1 aliphatic heterocycles. The van der Waals surface area contributed by atoms with E-state index < -0.39 is 5.60 Å². The van der Waals surface area contributed by atoms with Crippen molar-refractivity contribution in [2.24, 2.45) is 0 Å². The monoisotopic (exact) mass is 232 g/mol. The molecule has 1 unspecified atom stereocenters. The summed E-state index contributed by atoms with van der Waals surface area (Å²) >= 11 is 0. The lowest BCUT2D eigenvalue weighted by Crippen LogP contribution is -2.41. The van der Waals surface area contributed by atoms with Gasteiger partial charge < -0.3 is 4.74 Å². The summed E-state index contributed by atoms with van der Waals surface area (Å²) in [4.78, 5) is 12.5. The molecule has 0 radical (unpaired) electrons. The second-order valence-corrected chi connectivity index (χ2v) is 4.92. The molecule has 1 aromatic rings. The summed E-state index contributed by atoms with van der Waals surface area (Å²) in [7, 11) is 0. The van der Waals surface area contributed by atoms with E-state index in [-0.39, 0.29) is 5.78 Å². The van der Waals surface area contributed by atoms with Gasteiger partial charge >= 0.3 is 0 Å². The molecule has 0 aromatic heterocycles. The highest BCUT2D eigenvalue weighted by Crippen LogP contribution is 2.28. The lowest BCUT2D eigenvalue weighted by Gasteiger charge is -2.32. The maximum atomic E-state index is 12.5. The van der Waals surface area contributed by atoms with Crippen molar-refractivity contribution in [2.45, 2.75) is 45.1 Å². The number of ketones is 1. The summed E-state index contributed by atoms with van der Waals surface area (Å²) in [5.41, 5.74) is 1.38. The van der Waals surface area contributed by atoms with Crippen LogP contribution < -0.4 is 0 Å². The van der Waals surface area contributed by atoms with Crippen molar-refractivity contribution in [1.82, 2.24) is 0 Å². The molecule has 92 valence electrons. The van der Waals surface area contributed by atoms with Crippen LogP contribution in [0.25, 0.3) is 0 Å².